The Labute approximate surface area is 126 Å². The molecule has 0 fully saturated rings. The molecular formula is C16H26N2OS. The van der Waals surface area contributed by atoms with Gasteiger partial charge in [-0.05, 0) is 41.9 Å². The van der Waals surface area contributed by atoms with E-state index in [0.717, 1.165) is 17.2 Å². The predicted molar refractivity (Wildman–Crippen MR) is 89.1 cm³/mol. The van der Waals surface area contributed by atoms with Gasteiger partial charge in [-0.15, -0.1) is 0 Å². The summed E-state index contributed by atoms with van der Waals surface area (Å²) in [6.45, 7) is 6.73. The van der Waals surface area contributed by atoms with Crippen LogP contribution in [-0.4, -0.2) is 23.5 Å². The molecule has 0 aromatic heterocycles. The largest absolute Gasteiger partial charge is 0.325 e. The molecule has 0 aliphatic carbocycles. The fourth-order valence-corrected chi connectivity index (χ4v) is 2.96. The molecule has 0 saturated carbocycles. The second-order valence-corrected chi connectivity index (χ2v) is 7.40. The van der Waals surface area contributed by atoms with E-state index in [9.17, 15) is 4.79 Å². The number of hydrogen-bond acceptors (Lipinski definition) is 3. The molecule has 0 aliphatic rings. The van der Waals surface area contributed by atoms with E-state index in [-0.39, 0.29) is 5.91 Å². The van der Waals surface area contributed by atoms with Crippen molar-refractivity contribution < 1.29 is 4.79 Å². The van der Waals surface area contributed by atoms with Crippen LogP contribution in [-0.2, 0) is 4.79 Å². The van der Waals surface area contributed by atoms with Gasteiger partial charge in [0.25, 0.3) is 0 Å². The summed E-state index contributed by atoms with van der Waals surface area (Å²) in [5.74, 6) is 1.95. The molecule has 1 atom stereocenters. The zero-order valence-electron chi connectivity index (χ0n) is 12.7. The van der Waals surface area contributed by atoms with Crippen LogP contribution < -0.4 is 11.1 Å². The molecule has 1 aromatic carbocycles. The van der Waals surface area contributed by atoms with E-state index in [1.54, 1.807) is 0 Å². The lowest BCUT2D eigenvalue weighted by atomic mass is 9.94. The average molecular weight is 294 g/mol. The Morgan fingerprint density at radius 3 is 2.50 bits per heavy atom. The topological polar surface area (TPSA) is 55.1 Å². The van der Waals surface area contributed by atoms with E-state index in [4.69, 9.17) is 5.73 Å². The highest BCUT2D eigenvalue weighted by atomic mass is 32.2. The second-order valence-electron chi connectivity index (χ2n) is 6.17. The molecule has 4 heteroatoms. The van der Waals surface area contributed by atoms with Gasteiger partial charge < -0.3 is 11.1 Å². The lowest BCUT2D eigenvalue weighted by Gasteiger charge is -2.17. The minimum Gasteiger partial charge on any atom is -0.325 e. The van der Waals surface area contributed by atoms with Crippen molar-refractivity contribution in [1.29, 1.82) is 0 Å². The quantitative estimate of drug-likeness (QED) is 0.757. The van der Waals surface area contributed by atoms with Crippen LogP contribution in [0.25, 0.3) is 0 Å². The highest BCUT2D eigenvalue weighted by molar-refractivity contribution is 7.99. The van der Waals surface area contributed by atoms with Crippen molar-refractivity contribution in [3.05, 3.63) is 30.3 Å². The van der Waals surface area contributed by atoms with Gasteiger partial charge in [-0.2, -0.15) is 11.8 Å². The van der Waals surface area contributed by atoms with E-state index in [1.165, 1.54) is 6.42 Å². The standard InChI is InChI=1S/C16H26N2OS/c1-16(2,3)10-12-20-11-9-14(17)15(19)18-13-7-5-4-6-8-13/h4-8,14H,9-12,17H2,1-3H3,(H,18,19). The van der Waals surface area contributed by atoms with E-state index in [0.29, 0.717) is 11.8 Å². The third kappa shape index (κ3) is 7.56. The Morgan fingerprint density at radius 2 is 1.90 bits per heavy atom. The summed E-state index contributed by atoms with van der Waals surface area (Å²) in [4.78, 5) is 11.9. The van der Waals surface area contributed by atoms with Gasteiger partial charge in [-0.3, -0.25) is 4.79 Å². The minimum atomic E-state index is -0.433. The van der Waals surface area contributed by atoms with E-state index < -0.39 is 6.04 Å². The van der Waals surface area contributed by atoms with Crippen LogP contribution in [0.5, 0.6) is 0 Å². The van der Waals surface area contributed by atoms with Crippen molar-refractivity contribution in [2.75, 3.05) is 16.8 Å². The molecule has 1 rings (SSSR count). The summed E-state index contributed by atoms with van der Waals surface area (Å²) < 4.78 is 0. The van der Waals surface area contributed by atoms with E-state index in [1.807, 2.05) is 42.1 Å². The number of para-hydroxylation sites is 1. The fraction of sp³-hybridized carbons (Fsp3) is 0.562. The molecule has 0 heterocycles. The van der Waals surface area contributed by atoms with Gasteiger partial charge in [-0.1, -0.05) is 39.0 Å². The van der Waals surface area contributed by atoms with Crippen LogP contribution in [0.4, 0.5) is 5.69 Å². The summed E-state index contributed by atoms with van der Waals surface area (Å²) in [6.07, 6.45) is 1.90. The number of carbonyl (C=O) groups excluding carboxylic acids is 1. The number of carbonyl (C=O) groups is 1. The highest BCUT2D eigenvalue weighted by Gasteiger charge is 2.14. The lowest BCUT2D eigenvalue weighted by Crippen LogP contribution is -2.36. The number of anilines is 1. The molecule has 1 amide bonds. The first-order chi connectivity index (χ1) is 9.38. The third-order valence-corrected chi connectivity index (χ3v) is 3.96. The average Bonchev–Trinajstić information content (AvgIpc) is 2.38. The Kier molecular flexibility index (Phi) is 7.10. The van der Waals surface area contributed by atoms with Gasteiger partial charge in [0.2, 0.25) is 5.91 Å². The predicted octanol–water partition coefficient (Wildman–Crippen LogP) is 3.51. The molecule has 0 saturated heterocycles. The number of thioether (sulfide) groups is 1. The molecule has 1 unspecified atom stereocenters. The van der Waals surface area contributed by atoms with Crippen molar-refractivity contribution in [1.82, 2.24) is 0 Å². The lowest BCUT2D eigenvalue weighted by molar-refractivity contribution is -0.117. The maximum Gasteiger partial charge on any atom is 0.241 e. The Morgan fingerprint density at radius 1 is 1.25 bits per heavy atom. The number of rotatable bonds is 7. The summed E-state index contributed by atoms with van der Waals surface area (Å²) in [7, 11) is 0. The molecule has 0 aliphatic heterocycles. The van der Waals surface area contributed by atoms with Crippen LogP contribution in [0.2, 0.25) is 0 Å². The van der Waals surface area contributed by atoms with Crippen molar-refractivity contribution in [3.63, 3.8) is 0 Å². The molecular weight excluding hydrogens is 268 g/mol. The summed E-state index contributed by atoms with van der Waals surface area (Å²) >= 11 is 1.87. The summed E-state index contributed by atoms with van der Waals surface area (Å²) in [5.41, 5.74) is 7.08. The number of nitrogens with two attached hydrogens (primary N) is 1. The fourth-order valence-electron chi connectivity index (χ4n) is 1.58. The Balaban J connectivity index is 2.19. The summed E-state index contributed by atoms with van der Waals surface area (Å²) in [6, 6.07) is 9.00. The van der Waals surface area contributed by atoms with Crippen LogP contribution in [0, 0.1) is 5.41 Å². The maximum atomic E-state index is 11.9. The molecule has 112 valence electrons. The first-order valence-electron chi connectivity index (χ1n) is 7.08. The second kappa shape index (κ2) is 8.32. The maximum absolute atomic E-state index is 11.9. The van der Waals surface area contributed by atoms with Crippen LogP contribution >= 0.6 is 11.8 Å². The zero-order valence-corrected chi connectivity index (χ0v) is 13.5. The molecule has 3 N–H and O–H groups in total. The monoisotopic (exact) mass is 294 g/mol. The Hall–Kier alpha value is -1.00. The Bertz CT molecular complexity index is 401. The first-order valence-corrected chi connectivity index (χ1v) is 8.23. The normalized spacial score (nSPS) is 13.0. The zero-order chi connectivity index (χ0) is 15.0. The van der Waals surface area contributed by atoms with Gasteiger partial charge in [0.05, 0.1) is 6.04 Å². The van der Waals surface area contributed by atoms with Gasteiger partial charge in [0.1, 0.15) is 0 Å². The van der Waals surface area contributed by atoms with E-state index in [2.05, 4.69) is 26.1 Å². The first kappa shape index (κ1) is 17.1. The summed E-state index contributed by atoms with van der Waals surface area (Å²) in [5, 5.41) is 2.83. The number of benzene rings is 1. The van der Waals surface area contributed by atoms with Crippen LogP contribution in [0.1, 0.15) is 33.6 Å². The molecule has 20 heavy (non-hydrogen) atoms. The van der Waals surface area contributed by atoms with Crippen molar-refractivity contribution in [2.45, 2.75) is 39.7 Å². The molecule has 1 aromatic rings. The highest BCUT2D eigenvalue weighted by Crippen LogP contribution is 2.21. The molecule has 0 bridgehead atoms. The molecule has 0 spiro atoms. The molecule has 3 nitrogen and oxygen atoms in total. The van der Waals surface area contributed by atoms with Crippen LogP contribution in [0.3, 0.4) is 0 Å². The van der Waals surface area contributed by atoms with Gasteiger partial charge >= 0.3 is 0 Å². The molecule has 0 radical (unpaired) electrons. The van der Waals surface area contributed by atoms with Gasteiger partial charge in [-0.25, -0.2) is 0 Å². The number of amides is 1. The number of hydrogen-bond donors (Lipinski definition) is 2. The van der Waals surface area contributed by atoms with Crippen LogP contribution in [0.15, 0.2) is 30.3 Å². The van der Waals surface area contributed by atoms with Crippen molar-refractivity contribution in [2.24, 2.45) is 11.1 Å². The minimum absolute atomic E-state index is 0.104. The van der Waals surface area contributed by atoms with Crippen molar-refractivity contribution >= 4 is 23.4 Å². The van der Waals surface area contributed by atoms with Gasteiger partial charge in [0, 0.05) is 5.69 Å². The smallest absolute Gasteiger partial charge is 0.241 e. The van der Waals surface area contributed by atoms with Gasteiger partial charge in [0.15, 0.2) is 0 Å². The third-order valence-electron chi connectivity index (χ3n) is 2.95. The van der Waals surface area contributed by atoms with Crippen molar-refractivity contribution in [3.8, 4) is 0 Å². The number of nitrogens with one attached hydrogen (secondary N) is 1. The SMILES string of the molecule is CC(C)(C)CCSCCC(N)C(=O)Nc1ccccc1. The van der Waals surface area contributed by atoms with E-state index >= 15 is 0 Å².